The first-order valence-corrected chi connectivity index (χ1v) is 7.37. The summed E-state index contributed by atoms with van der Waals surface area (Å²) in [6.45, 7) is 3.33. The molecule has 1 aromatic rings. The molecule has 2 atom stereocenters. The molecule has 0 saturated carbocycles. The summed E-state index contributed by atoms with van der Waals surface area (Å²) in [6, 6.07) is 8.77. The van der Waals surface area contributed by atoms with Gasteiger partial charge < -0.3 is 20.3 Å². The fraction of sp³-hybridized carbons (Fsp3) is 0.625. The summed E-state index contributed by atoms with van der Waals surface area (Å²) in [4.78, 5) is 4.80. The predicted octanol–water partition coefficient (Wildman–Crippen LogP) is 1.20. The predicted molar refractivity (Wildman–Crippen MR) is 83.2 cm³/mol. The molecule has 0 spiro atoms. The van der Waals surface area contributed by atoms with E-state index in [1.807, 2.05) is 12.1 Å². The maximum absolute atomic E-state index is 6.48. The van der Waals surface area contributed by atoms with Gasteiger partial charge in [-0.25, -0.2) is 0 Å². The van der Waals surface area contributed by atoms with Gasteiger partial charge in [0.1, 0.15) is 5.75 Å². The highest BCUT2D eigenvalue weighted by Crippen LogP contribution is 2.17. The van der Waals surface area contributed by atoms with Gasteiger partial charge in [0.05, 0.1) is 7.11 Å². The molecule has 2 N–H and O–H groups in total. The van der Waals surface area contributed by atoms with Crippen LogP contribution in [-0.2, 0) is 6.42 Å². The number of nitrogens with zero attached hydrogens (tertiary/aromatic N) is 2. The van der Waals surface area contributed by atoms with Gasteiger partial charge in [-0.05, 0) is 57.7 Å². The largest absolute Gasteiger partial charge is 0.497 e. The molecule has 20 heavy (non-hydrogen) atoms. The second-order valence-corrected chi connectivity index (χ2v) is 5.88. The molecule has 4 nitrogen and oxygen atoms in total. The van der Waals surface area contributed by atoms with E-state index in [0.29, 0.717) is 6.04 Å². The third kappa shape index (κ3) is 3.95. The van der Waals surface area contributed by atoms with Crippen LogP contribution >= 0.6 is 0 Å². The first-order chi connectivity index (χ1) is 9.60. The summed E-state index contributed by atoms with van der Waals surface area (Å²) in [6.07, 6.45) is 2.11. The lowest BCUT2D eigenvalue weighted by Crippen LogP contribution is -2.51. The summed E-state index contributed by atoms with van der Waals surface area (Å²) in [5, 5.41) is 0. The van der Waals surface area contributed by atoms with Crippen molar-refractivity contribution in [1.29, 1.82) is 0 Å². The molecule has 1 saturated heterocycles. The number of hydrogen-bond acceptors (Lipinski definition) is 4. The van der Waals surface area contributed by atoms with E-state index < -0.39 is 0 Å². The molecule has 4 heteroatoms. The van der Waals surface area contributed by atoms with Crippen molar-refractivity contribution >= 4 is 0 Å². The molecule has 0 aromatic heterocycles. The van der Waals surface area contributed by atoms with E-state index in [-0.39, 0.29) is 6.04 Å². The van der Waals surface area contributed by atoms with Crippen LogP contribution in [0.3, 0.4) is 0 Å². The summed E-state index contributed by atoms with van der Waals surface area (Å²) >= 11 is 0. The van der Waals surface area contributed by atoms with Gasteiger partial charge in [0, 0.05) is 18.6 Å². The minimum absolute atomic E-state index is 0.146. The van der Waals surface area contributed by atoms with Crippen molar-refractivity contribution in [3.63, 3.8) is 0 Å². The molecular formula is C16H27N3O. The molecule has 1 aliphatic heterocycles. The van der Waals surface area contributed by atoms with Crippen molar-refractivity contribution in [2.24, 2.45) is 5.73 Å². The van der Waals surface area contributed by atoms with E-state index in [4.69, 9.17) is 10.5 Å². The maximum atomic E-state index is 6.48. The number of methoxy groups -OCH3 is 1. The average Bonchev–Trinajstić information content (AvgIpc) is 2.60. The van der Waals surface area contributed by atoms with Crippen LogP contribution in [0.5, 0.6) is 5.75 Å². The molecule has 0 aliphatic carbocycles. The van der Waals surface area contributed by atoms with E-state index in [0.717, 1.165) is 31.8 Å². The van der Waals surface area contributed by atoms with Gasteiger partial charge in [-0.2, -0.15) is 0 Å². The van der Waals surface area contributed by atoms with Gasteiger partial charge in [-0.3, -0.25) is 0 Å². The fourth-order valence-corrected chi connectivity index (χ4v) is 2.98. The van der Waals surface area contributed by atoms with Crippen LogP contribution in [0.4, 0.5) is 0 Å². The Hall–Kier alpha value is -1.10. The SMILES string of the molecule is COc1cccc(CC(N)C2CN(C)CCCN2C)c1. The lowest BCUT2D eigenvalue weighted by atomic mass is 9.99. The Balaban J connectivity index is 2.03. The van der Waals surface area contributed by atoms with Gasteiger partial charge in [-0.1, -0.05) is 12.1 Å². The number of benzene rings is 1. The monoisotopic (exact) mass is 277 g/mol. The van der Waals surface area contributed by atoms with Gasteiger partial charge in [-0.15, -0.1) is 0 Å². The number of rotatable bonds is 4. The third-order valence-electron chi connectivity index (χ3n) is 4.22. The average molecular weight is 277 g/mol. The van der Waals surface area contributed by atoms with Crippen molar-refractivity contribution in [2.75, 3.05) is 40.8 Å². The van der Waals surface area contributed by atoms with Gasteiger partial charge in [0.2, 0.25) is 0 Å². The van der Waals surface area contributed by atoms with Crippen molar-refractivity contribution in [1.82, 2.24) is 9.80 Å². The smallest absolute Gasteiger partial charge is 0.119 e. The molecule has 0 bridgehead atoms. The Labute approximate surface area is 122 Å². The Morgan fingerprint density at radius 1 is 1.35 bits per heavy atom. The number of nitrogens with two attached hydrogens (primary N) is 1. The van der Waals surface area contributed by atoms with E-state index in [1.54, 1.807) is 7.11 Å². The quantitative estimate of drug-likeness (QED) is 0.898. The lowest BCUT2D eigenvalue weighted by molar-refractivity contribution is 0.195. The first-order valence-electron chi connectivity index (χ1n) is 7.37. The minimum Gasteiger partial charge on any atom is -0.497 e. The van der Waals surface area contributed by atoms with Crippen LogP contribution < -0.4 is 10.5 Å². The number of hydrogen-bond donors (Lipinski definition) is 1. The molecule has 1 aromatic carbocycles. The molecular weight excluding hydrogens is 250 g/mol. The molecule has 1 aliphatic rings. The van der Waals surface area contributed by atoms with E-state index in [9.17, 15) is 0 Å². The molecule has 1 heterocycles. The molecule has 112 valence electrons. The molecule has 2 rings (SSSR count). The zero-order valence-corrected chi connectivity index (χ0v) is 12.9. The van der Waals surface area contributed by atoms with Gasteiger partial charge >= 0.3 is 0 Å². The minimum atomic E-state index is 0.146. The second kappa shape index (κ2) is 7.07. The molecule has 1 fully saturated rings. The van der Waals surface area contributed by atoms with E-state index in [2.05, 4.69) is 36.0 Å². The van der Waals surface area contributed by atoms with Gasteiger partial charge in [0.25, 0.3) is 0 Å². The van der Waals surface area contributed by atoms with Crippen LogP contribution in [0.1, 0.15) is 12.0 Å². The second-order valence-electron chi connectivity index (χ2n) is 5.88. The molecule has 0 radical (unpaired) electrons. The first kappa shape index (κ1) is 15.3. The van der Waals surface area contributed by atoms with E-state index >= 15 is 0 Å². The number of likely N-dealkylation sites (N-methyl/N-ethyl adjacent to an activating group) is 2. The molecule has 2 unspecified atom stereocenters. The fourth-order valence-electron chi connectivity index (χ4n) is 2.98. The summed E-state index contributed by atoms with van der Waals surface area (Å²) < 4.78 is 5.28. The van der Waals surface area contributed by atoms with Crippen LogP contribution in [0, 0.1) is 0 Å². The Morgan fingerprint density at radius 2 is 2.15 bits per heavy atom. The summed E-state index contributed by atoms with van der Waals surface area (Å²) in [7, 11) is 6.08. The van der Waals surface area contributed by atoms with Crippen LogP contribution in [0.2, 0.25) is 0 Å². The zero-order valence-electron chi connectivity index (χ0n) is 12.9. The Kier molecular flexibility index (Phi) is 5.40. The summed E-state index contributed by atoms with van der Waals surface area (Å²) in [5.41, 5.74) is 7.73. The lowest BCUT2D eigenvalue weighted by Gasteiger charge is -2.32. The normalized spacial score (nSPS) is 23.3. The zero-order chi connectivity index (χ0) is 14.5. The molecule has 0 amide bonds. The highest BCUT2D eigenvalue weighted by atomic mass is 16.5. The van der Waals surface area contributed by atoms with E-state index in [1.165, 1.54) is 12.0 Å². The third-order valence-corrected chi connectivity index (χ3v) is 4.22. The number of ether oxygens (including phenoxy) is 1. The Morgan fingerprint density at radius 3 is 2.90 bits per heavy atom. The Bertz CT molecular complexity index is 424. The van der Waals surface area contributed by atoms with Crippen LogP contribution in [-0.4, -0.2) is 62.7 Å². The van der Waals surface area contributed by atoms with Gasteiger partial charge in [0.15, 0.2) is 0 Å². The maximum Gasteiger partial charge on any atom is 0.119 e. The van der Waals surface area contributed by atoms with Crippen molar-refractivity contribution in [3.05, 3.63) is 29.8 Å². The van der Waals surface area contributed by atoms with Crippen molar-refractivity contribution in [3.8, 4) is 5.75 Å². The van der Waals surface area contributed by atoms with Crippen molar-refractivity contribution < 1.29 is 4.74 Å². The van der Waals surface area contributed by atoms with Crippen LogP contribution in [0.25, 0.3) is 0 Å². The van der Waals surface area contributed by atoms with Crippen molar-refractivity contribution in [2.45, 2.75) is 24.9 Å². The highest BCUT2D eigenvalue weighted by molar-refractivity contribution is 5.29. The highest BCUT2D eigenvalue weighted by Gasteiger charge is 2.26. The van der Waals surface area contributed by atoms with Crippen LogP contribution in [0.15, 0.2) is 24.3 Å². The standard InChI is InChI=1S/C16H27N3O/c1-18-8-5-9-19(2)16(12-18)15(17)11-13-6-4-7-14(10-13)20-3/h4,6-7,10,15-16H,5,8-9,11-12,17H2,1-3H3. The summed E-state index contributed by atoms with van der Waals surface area (Å²) in [5.74, 6) is 0.904. The topological polar surface area (TPSA) is 41.7 Å².